The second kappa shape index (κ2) is 6.28. The molecule has 3 rings (SSSR count). The summed E-state index contributed by atoms with van der Waals surface area (Å²) in [5.41, 5.74) is 2.72. The number of carbonyl (C=O) groups is 2. The monoisotopic (exact) mass is 329 g/mol. The van der Waals surface area contributed by atoms with Crippen LogP contribution in [0.3, 0.4) is 0 Å². The number of aromatic nitrogens is 1. The second-order valence-electron chi connectivity index (χ2n) is 6.39. The number of likely N-dealkylation sites (N-methyl/N-ethyl adjacent to an activating group) is 1. The number of methoxy groups -OCH3 is 1. The van der Waals surface area contributed by atoms with Crippen molar-refractivity contribution in [1.29, 1.82) is 0 Å². The maximum atomic E-state index is 12.9. The first-order chi connectivity index (χ1) is 11.4. The first-order valence-corrected chi connectivity index (χ1v) is 8.09. The highest BCUT2D eigenvalue weighted by Crippen LogP contribution is 2.25. The van der Waals surface area contributed by atoms with Gasteiger partial charge in [-0.25, -0.2) is 0 Å². The molecule has 0 bridgehead atoms. The van der Waals surface area contributed by atoms with Gasteiger partial charge in [0.25, 0.3) is 11.8 Å². The van der Waals surface area contributed by atoms with Gasteiger partial charge in [-0.05, 0) is 25.5 Å². The summed E-state index contributed by atoms with van der Waals surface area (Å²) in [6, 6.07) is 5.98. The molecule has 1 aliphatic rings. The van der Waals surface area contributed by atoms with Crippen molar-refractivity contribution < 1.29 is 14.3 Å². The summed E-state index contributed by atoms with van der Waals surface area (Å²) in [4.78, 5) is 31.5. The van der Waals surface area contributed by atoms with Gasteiger partial charge in [0, 0.05) is 44.3 Å². The molecule has 2 heterocycles. The Morgan fingerprint density at radius 2 is 2.08 bits per heavy atom. The fourth-order valence-corrected chi connectivity index (χ4v) is 3.13. The smallest absolute Gasteiger partial charge is 0.256 e. The highest BCUT2D eigenvalue weighted by molar-refractivity contribution is 6.08. The molecule has 1 saturated heterocycles. The van der Waals surface area contributed by atoms with E-state index in [0.29, 0.717) is 18.7 Å². The van der Waals surface area contributed by atoms with E-state index in [9.17, 15) is 9.59 Å². The Kier molecular flexibility index (Phi) is 4.32. The predicted octanol–water partition coefficient (Wildman–Crippen LogP) is 1.79. The Morgan fingerprint density at radius 3 is 2.75 bits per heavy atom. The molecule has 2 aromatic rings. The zero-order valence-corrected chi connectivity index (χ0v) is 14.5. The van der Waals surface area contributed by atoms with Crippen molar-refractivity contribution in [2.24, 2.45) is 0 Å². The summed E-state index contributed by atoms with van der Waals surface area (Å²) in [6.07, 6.45) is 1.33. The maximum Gasteiger partial charge on any atom is 0.256 e. The van der Waals surface area contributed by atoms with Crippen molar-refractivity contribution in [2.45, 2.75) is 26.0 Å². The Morgan fingerprint density at radius 1 is 1.38 bits per heavy atom. The number of aryl methyl sites for hydroxylation is 1. The molecule has 0 saturated carbocycles. The Bertz CT molecular complexity index is 777. The molecule has 0 radical (unpaired) electrons. The number of benzene rings is 1. The summed E-state index contributed by atoms with van der Waals surface area (Å²) in [6.45, 7) is 4.84. The van der Waals surface area contributed by atoms with Gasteiger partial charge in [0.2, 0.25) is 0 Å². The number of nitrogens with one attached hydrogen (secondary N) is 1. The number of fused-ring (bicyclic) bond motifs is 1. The van der Waals surface area contributed by atoms with E-state index in [1.807, 2.05) is 25.1 Å². The van der Waals surface area contributed by atoms with Crippen molar-refractivity contribution in [3.05, 3.63) is 35.5 Å². The van der Waals surface area contributed by atoms with E-state index in [0.717, 1.165) is 16.5 Å². The van der Waals surface area contributed by atoms with E-state index >= 15 is 0 Å². The molecule has 6 heteroatoms. The topological polar surface area (TPSA) is 65.6 Å². The van der Waals surface area contributed by atoms with Crippen LogP contribution < -0.4 is 0 Å². The summed E-state index contributed by atoms with van der Waals surface area (Å²) in [5.74, 6) is -0.0509. The van der Waals surface area contributed by atoms with E-state index in [1.165, 1.54) is 7.11 Å². The van der Waals surface area contributed by atoms with Crippen LogP contribution >= 0.6 is 0 Å². The van der Waals surface area contributed by atoms with Crippen LogP contribution in [0.4, 0.5) is 0 Å². The van der Waals surface area contributed by atoms with E-state index in [-0.39, 0.29) is 17.9 Å². The van der Waals surface area contributed by atoms with Gasteiger partial charge >= 0.3 is 0 Å². The van der Waals surface area contributed by atoms with Crippen LogP contribution in [0, 0.1) is 6.92 Å². The van der Waals surface area contributed by atoms with Crippen LogP contribution in [0.5, 0.6) is 0 Å². The minimum Gasteiger partial charge on any atom is -0.372 e. The summed E-state index contributed by atoms with van der Waals surface area (Å²) in [7, 11) is 3.32. The molecule has 1 aliphatic heterocycles. The summed E-state index contributed by atoms with van der Waals surface area (Å²) in [5, 5.41) is 0.967. The molecule has 1 aromatic heterocycles. The molecule has 0 spiro atoms. The quantitative estimate of drug-likeness (QED) is 0.930. The molecule has 0 aliphatic carbocycles. The fraction of sp³-hybridized carbons (Fsp3) is 0.444. The number of aromatic amines is 1. The van der Waals surface area contributed by atoms with Crippen molar-refractivity contribution >= 4 is 22.7 Å². The molecule has 1 unspecified atom stereocenters. The highest BCUT2D eigenvalue weighted by Gasteiger charge is 2.37. The lowest BCUT2D eigenvalue weighted by molar-refractivity contribution is -0.147. The van der Waals surface area contributed by atoms with Crippen molar-refractivity contribution in [3.8, 4) is 0 Å². The number of hydrogen-bond donors (Lipinski definition) is 1. The predicted molar refractivity (Wildman–Crippen MR) is 92.0 cm³/mol. The molecule has 1 aromatic carbocycles. The number of H-pyrrole nitrogens is 1. The van der Waals surface area contributed by atoms with Gasteiger partial charge in [-0.2, -0.15) is 0 Å². The number of likely N-dealkylation sites (tertiary alicyclic amines) is 1. The molecular weight excluding hydrogens is 306 g/mol. The van der Waals surface area contributed by atoms with Gasteiger partial charge in [0.05, 0.1) is 11.6 Å². The van der Waals surface area contributed by atoms with Crippen LogP contribution in [0.15, 0.2) is 24.4 Å². The van der Waals surface area contributed by atoms with Crippen molar-refractivity contribution in [2.75, 3.05) is 27.2 Å². The second-order valence-corrected chi connectivity index (χ2v) is 6.39. The van der Waals surface area contributed by atoms with Gasteiger partial charge in [0.1, 0.15) is 6.10 Å². The van der Waals surface area contributed by atoms with Gasteiger partial charge < -0.3 is 19.5 Å². The number of rotatable bonds is 4. The molecule has 24 heavy (non-hydrogen) atoms. The largest absolute Gasteiger partial charge is 0.372 e. The van der Waals surface area contributed by atoms with Crippen LogP contribution in [-0.2, 0) is 9.53 Å². The maximum absolute atomic E-state index is 12.9. The van der Waals surface area contributed by atoms with Crippen LogP contribution in [0.2, 0.25) is 0 Å². The van der Waals surface area contributed by atoms with E-state index < -0.39 is 6.10 Å². The first kappa shape index (κ1) is 16.5. The Hall–Kier alpha value is -2.34. The normalized spacial score (nSPS) is 16.1. The van der Waals surface area contributed by atoms with Crippen LogP contribution in [0.25, 0.3) is 10.9 Å². The minimum absolute atomic E-state index is 0.0209. The lowest BCUT2D eigenvalue weighted by Gasteiger charge is -2.44. The number of hydrogen-bond acceptors (Lipinski definition) is 3. The van der Waals surface area contributed by atoms with E-state index in [1.54, 1.807) is 30.0 Å². The summed E-state index contributed by atoms with van der Waals surface area (Å²) >= 11 is 0. The van der Waals surface area contributed by atoms with Crippen LogP contribution in [0.1, 0.15) is 22.8 Å². The third-order valence-corrected chi connectivity index (χ3v) is 4.89. The lowest BCUT2D eigenvalue weighted by atomic mass is 10.0. The van der Waals surface area contributed by atoms with Gasteiger partial charge in [0.15, 0.2) is 0 Å². The molecule has 2 amide bonds. The standard InChI is InChI=1S/C18H23N3O3/c1-11-6-5-7-15-16(11)14(8-19-15)18(23)20(3)13-9-21(10-13)17(22)12(2)24-4/h5-8,12-13,19H,9-10H2,1-4H3. The Labute approximate surface area is 141 Å². The average Bonchev–Trinajstić information content (AvgIpc) is 2.97. The third kappa shape index (κ3) is 2.67. The number of carbonyl (C=O) groups excluding carboxylic acids is 2. The molecular formula is C18H23N3O3. The van der Waals surface area contributed by atoms with E-state index in [2.05, 4.69) is 4.98 Å². The average molecular weight is 329 g/mol. The van der Waals surface area contributed by atoms with Gasteiger partial charge in [-0.15, -0.1) is 0 Å². The SMILES string of the molecule is COC(C)C(=O)N1CC(N(C)C(=O)c2c[nH]c3cccc(C)c23)C1. The van der Waals surface area contributed by atoms with E-state index in [4.69, 9.17) is 4.74 Å². The first-order valence-electron chi connectivity index (χ1n) is 8.09. The molecule has 1 N–H and O–H groups in total. The number of amides is 2. The molecule has 1 fully saturated rings. The van der Waals surface area contributed by atoms with Crippen molar-refractivity contribution in [3.63, 3.8) is 0 Å². The summed E-state index contributed by atoms with van der Waals surface area (Å²) < 4.78 is 5.06. The fourth-order valence-electron chi connectivity index (χ4n) is 3.13. The zero-order chi connectivity index (χ0) is 17.4. The molecule has 1 atom stereocenters. The minimum atomic E-state index is -0.441. The number of ether oxygens (including phenoxy) is 1. The Balaban J connectivity index is 1.71. The van der Waals surface area contributed by atoms with Crippen molar-refractivity contribution in [1.82, 2.24) is 14.8 Å². The van der Waals surface area contributed by atoms with Gasteiger partial charge in [-0.1, -0.05) is 12.1 Å². The highest BCUT2D eigenvalue weighted by atomic mass is 16.5. The van der Waals surface area contributed by atoms with Crippen LogP contribution in [-0.4, -0.2) is 66.0 Å². The number of nitrogens with zero attached hydrogens (tertiary/aromatic N) is 2. The molecule has 6 nitrogen and oxygen atoms in total. The third-order valence-electron chi connectivity index (χ3n) is 4.89. The van der Waals surface area contributed by atoms with Gasteiger partial charge in [-0.3, -0.25) is 9.59 Å². The molecule has 128 valence electrons. The zero-order valence-electron chi connectivity index (χ0n) is 14.5. The lowest BCUT2D eigenvalue weighted by Crippen LogP contribution is -2.62.